The van der Waals surface area contributed by atoms with E-state index in [0.29, 0.717) is 25.5 Å². The van der Waals surface area contributed by atoms with Crippen LogP contribution in [0.5, 0.6) is 0 Å². The number of carbonyl (C=O) groups is 1. The second kappa shape index (κ2) is 9.28. The number of imidazole rings is 1. The first kappa shape index (κ1) is 19.7. The molecule has 1 atom stereocenters. The van der Waals surface area contributed by atoms with Crippen molar-refractivity contribution in [3.8, 4) is 0 Å². The maximum Gasteiger partial charge on any atom is 0.230 e. The normalized spacial score (nSPS) is 15.4. The Hall–Kier alpha value is -2.58. The molecule has 1 aromatic carbocycles. The van der Waals surface area contributed by atoms with Crippen molar-refractivity contribution in [1.82, 2.24) is 20.3 Å². The van der Waals surface area contributed by atoms with Crippen LogP contribution in [0.2, 0.25) is 0 Å². The molecule has 2 aromatic heterocycles. The molecule has 1 amide bonds. The van der Waals surface area contributed by atoms with Gasteiger partial charge < -0.3 is 19.9 Å². The number of H-pyrrole nitrogens is 1. The van der Waals surface area contributed by atoms with Crippen molar-refractivity contribution in [2.75, 3.05) is 37.0 Å². The van der Waals surface area contributed by atoms with Crippen LogP contribution in [0, 0.1) is 0 Å². The summed E-state index contributed by atoms with van der Waals surface area (Å²) in [4.78, 5) is 27.1. The number of para-hydroxylation sites is 2. The number of hydrogen-bond donors (Lipinski definition) is 2. The molecule has 1 unspecified atom stereocenters. The number of thioether (sulfide) groups is 1. The molecule has 0 bridgehead atoms. The molecule has 1 aliphatic rings. The van der Waals surface area contributed by atoms with Crippen molar-refractivity contribution in [1.29, 1.82) is 0 Å². The average Bonchev–Trinajstić information content (AvgIpc) is 3.21. The number of aromatic amines is 1. The fourth-order valence-corrected chi connectivity index (χ4v) is 4.09. The number of pyridine rings is 1. The van der Waals surface area contributed by atoms with Crippen molar-refractivity contribution >= 4 is 34.5 Å². The van der Waals surface area contributed by atoms with Crippen LogP contribution in [0.1, 0.15) is 23.6 Å². The highest BCUT2D eigenvalue weighted by molar-refractivity contribution is 8.00. The molecule has 4 rings (SSSR count). The van der Waals surface area contributed by atoms with E-state index in [1.54, 1.807) is 18.0 Å². The van der Waals surface area contributed by atoms with Crippen molar-refractivity contribution in [2.45, 2.75) is 18.7 Å². The maximum atomic E-state index is 12.4. The zero-order valence-electron chi connectivity index (χ0n) is 16.4. The second-order valence-electron chi connectivity index (χ2n) is 6.95. The molecule has 0 saturated carbocycles. The van der Waals surface area contributed by atoms with E-state index in [2.05, 4.69) is 32.1 Å². The Morgan fingerprint density at radius 2 is 2.10 bits per heavy atom. The van der Waals surface area contributed by atoms with Gasteiger partial charge in [-0.05, 0) is 25.1 Å². The van der Waals surface area contributed by atoms with Crippen LogP contribution in [0.3, 0.4) is 0 Å². The molecule has 1 fully saturated rings. The molecule has 8 heteroatoms. The van der Waals surface area contributed by atoms with Gasteiger partial charge in [0.05, 0.1) is 35.2 Å². The minimum absolute atomic E-state index is 0.00902. The van der Waals surface area contributed by atoms with E-state index in [0.717, 1.165) is 41.3 Å². The predicted molar refractivity (Wildman–Crippen MR) is 116 cm³/mol. The zero-order chi connectivity index (χ0) is 20.1. The van der Waals surface area contributed by atoms with Crippen molar-refractivity contribution in [2.24, 2.45) is 0 Å². The lowest BCUT2D eigenvalue weighted by atomic mass is 10.2. The molecule has 0 aliphatic carbocycles. The molecule has 29 heavy (non-hydrogen) atoms. The van der Waals surface area contributed by atoms with Gasteiger partial charge in [-0.1, -0.05) is 18.2 Å². The van der Waals surface area contributed by atoms with Gasteiger partial charge in [0.15, 0.2) is 0 Å². The zero-order valence-corrected chi connectivity index (χ0v) is 17.2. The minimum atomic E-state index is 0.00902. The molecule has 152 valence electrons. The summed E-state index contributed by atoms with van der Waals surface area (Å²) in [6.07, 6.45) is 1.79. The number of rotatable bonds is 7. The number of fused-ring (bicyclic) bond motifs is 1. The lowest BCUT2D eigenvalue weighted by molar-refractivity contribution is -0.118. The van der Waals surface area contributed by atoms with Gasteiger partial charge in [0.25, 0.3) is 0 Å². The Labute approximate surface area is 174 Å². The number of nitrogens with zero attached hydrogens (tertiary/aromatic N) is 3. The molecular weight excluding hydrogens is 386 g/mol. The summed E-state index contributed by atoms with van der Waals surface area (Å²) in [7, 11) is 0. The van der Waals surface area contributed by atoms with Gasteiger partial charge in [0, 0.05) is 31.4 Å². The highest BCUT2D eigenvalue weighted by Crippen LogP contribution is 2.27. The number of benzene rings is 1. The molecule has 7 nitrogen and oxygen atoms in total. The Kier molecular flexibility index (Phi) is 6.31. The number of aromatic nitrogens is 3. The van der Waals surface area contributed by atoms with Gasteiger partial charge in [-0.25, -0.2) is 9.97 Å². The Bertz CT molecular complexity index is 937. The Balaban J connectivity index is 1.30. The van der Waals surface area contributed by atoms with Crippen LogP contribution < -0.4 is 10.2 Å². The molecule has 0 radical (unpaired) electrons. The van der Waals surface area contributed by atoms with Crippen molar-refractivity contribution in [3.05, 3.63) is 54.0 Å². The summed E-state index contributed by atoms with van der Waals surface area (Å²) in [5, 5.41) is 3.13. The van der Waals surface area contributed by atoms with E-state index in [4.69, 9.17) is 4.74 Å². The summed E-state index contributed by atoms with van der Waals surface area (Å²) >= 11 is 1.57. The molecule has 3 aromatic rings. The number of hydrogen-bond acceptors (Lipinski definition) is 6. The lowest BCUT2D eigenvalue weighted by Gasteiger charge is -2.29. The van der Waals surface area contributed by atoms with E-state index < -0.39 is 0 Å². The third-order valence-electron chi connectivity index (χ3n) is 4.91. The fourth-order valence-electron chi connectivity index (χ4n) is 3.32. The van der Waals surface area contributed by atoms with Crippen LogP contribution in [0.4, 0.5) is 5.82 Å². The summed E-state index contributed by atoms with van der Waals surface area (Å²) in [5.41, 5.74) is 3.00. The Morgan fingerprint density at radius 1 is 1.28 bits per heavy atom. The van der Waals surface area contributed by atoms with Crippen LogP contribution in [-0.2, 0) is 16.1 Å². The fraction of sp³-hybridized carbons (Fsp3) is 0.381. The molecule has 1 saturated heterocycles. The third-order valence-corrected chi connectivity index (χ3v) is 6.06. The van der Waals surface area contributed by atoms with E-state index in [1.165, 1.54) is 0 Å². The van der Waals surface area contributed by atoms with Crippen LogP contribution in [0.25, 0.3) is 11.0 Å². The molecule has 0 spiro atoms. The number of nitrogens with one attached hydrogen (secondary N) is 2. The summed E-state index contributed by atoms with van der Waals surface area (Å²) in [6.45, 7) is 5.59. The monoisotopic (exact) mass is 411 g/mol. The van der Waals surface area contributed by atoms with E-state index >= 15 is 0 Å². The van der Waals surface area contributed by atoms with Crippen LogP contribution in [-0.4, -0.2) is 52.9 Å². The number of ether oxygens (including phenoxy) is 1. The first-order valence-corrected chi connectivity index (χ1v) is 10.8. The maximum absolute atomic E-state index is 12.4. The van der Waals surface area contributed by atoms with Gasteiger partial charge in [-0.15, -0.1) is 11.8 Å². The predicted octanol–water partition coefficient (Wildman–Crippen LogP) is 2.91. The number of carbonyl (C=O) groups excluding carboxylic acids is 1. The van der Waals surface area contributed by atoms with Gasteiger partial charge in [-0.3, -0.25) is 4.79 Å². The molecule has 3 heterocycles. The van der Waals surface area contributed by atoms with E-state index in [1.807, 2.05) is 36.4 Å². The SMILES string of the molecule is CC(SCC(=O)NCc1cccnc1N1CCOCC1)c1nc2ccccc2[nH]1. The average molecular weight is 412 g/mol. The smallest absolute Gasteiger partial charge is 0.230 e. The highest BCUT2D eigenvalue weighted by atomic mass is 32.2. The largest absolute Gasteiger partial charge is 0.378 e. The lowest BCUT2D eigenvalue weighted by Crippen LogP contribution is -2.38. The summed E-state index contributed by atoms with van der Waals surface area (Å²) < 4.78 is 5.42. The quantitative estimate of drug-likeness (QED) is 0.622. The van der Waals surface area contributed by atoms with E-state index in [-0.39, 0.29) is 11.2 Å². The molecule has 1 aliphatic heterocycles. The number of amides is 1. The van der Waals surface area contributed by atoms with E-state index in [9.17, 15) is 4.79 Å². The van der Waals surface area contributed by atoms with Gasteiger partial charge >= 0.3 is 0 Å². The van der Waals surface area contributed by atoms with Crippen LogP contribution >= 0.6 is 11.8 Å². The number of anilines is 1. The molecule has 2 N–H and O–H groups in total. The highest BCUT2D eigenvalue weighted by Gasteiger charge is 2.17. The third kappa shape index (κ3) is 4.89. The van der Waals surface area contributed by atoms with Crippen molar-refractivity contribution < 1.29 is 9.53 Å². The molecular formula is C21H25N5O2S. The van der Waals surface area contributed by atoms with Gasteiger partial charge in [0.2, 0.25) is 5.91 Å². The van der Waals surface area contributed by atoms with Crippen molar-refractivity contribution in [3.63, 3.8) is 0 Å². The minimum Gasteiger partial charge on any atom is -0.378 e. The Morgan fingerprint density at radius 3 is 2.93 bits per heavy atom. The van der Waals surface area contributed by atoms with Crippen LogP contribution in [0.15, 0.2) is 42.6 Å². The standard InChI is InChI=1S/C21H25N5O2S/c1-15(20-24-17-6-2-3-7-18(17)25-20)29-14-19(27)23-13-16-5-4-8-22-21(16)26-9-11-28-12-10-26/h2-8,15H,9-14H2,1H3,(H,23,27)(H,24,25). The second-order valence-corrected chi connectivity index (χ2v) is 8.28. The first-order valence-electron chi connectivity index (χ1n) is 9.80. The van der Waals surface area contributed by atoms with Gasteiger partial charge in [-0.2, -0.15) is 0 Å². The summed E-state index contributed by atoms with van der Waals surface area (Å²) in [5.74, 6) is 2.21. The topological polar surface area (TPSA) is 83.1 Å². The van der Waals surface area contributed by atoms with Gasteiger partial charge in [0.1, 0.15) is 11.6 Å². The summed E-state index contributed by atoms with van der Waals surface area (Å²) in [6, 6.07) is 11.9. The first-order chi connectivity index (χ1) is 14.2. The number of morpholine rings is 1.